The normalized spacial score (nSPS) is 32.1. The lowest BCUT2D eigenvalue weighted by molar-refractivity contribution is 0.139. The minimum atomic E-state index is -0.930. The van der Waals surface area contributed by atoms with E-state index in [2.05, 4.69) is 43.7 Å². The molecule has 1 fully saturated rings. The average Bonchev–Trinajstić information content (AvgIpc) is 1.95. The van der Waals surface area contributed by atoms with Crippen LogP contribution in [0.25, 0.3) is 0 Å². The van der Waals surface area contributed by atoms with E-state index in [0.29, 0.717) is 0 Å². The molecule has 1 saturated heterocycles. The molecule has 2 atom stereocenters. The number of rotatable bonds is 2. The Morgan fingerprint density at radius 1 is 1.15 bits per heavy atom. The van der Waals surface area contributed by atoms with Crippen molar-refractivity contribution in [2.45, 2.75) is 45.6 Å². The third kappa shape index (κ3) is 3.41. The van der Waals surface area contributed by atoms with Gasteiger partial charge in [-0.05, 0) is 20.0 Å². The van der Waals surface area contributed by atoms with Gasteiger partial charge in [-0.2, -0.15) is 0 Å². The van der Waals surface area contributed by atoms with Crippen LogP contribution in [0.15, 0.2) is 0 Å². The summed E-state index contributed by atoms with van der Waals surface area (Å²) in [6.07, 6.45) is 1.34. The van der Waals surface area contributed by atoms with Gasteiger partial charge in [0.15, 0.2) is 0 Å². The summed E-state index contributed by atoms with van der Waals surface area (Å²) in [6, 6.07) is 1.44. The Morgan fingerprint density at radius 2 is 1.62 bits per heavy atom. The van der Waals surface area contributed by atoms with Crippen LogP contribution < -0.4 is 5.32 Å². The van der Waals surface area contributed by atoms with Crippen LogP contribution >= 0.6 is 0 Å². The Morgan fingerprint density at radius 3 is 2.00 bits per heavy atom. The molecule has 0 aromatic carbocycles. The molecule has 0 saturated carbocycles. The van der Waals surface area contributed by atoms with Gasteiger partial charge in [-0.25, -0.2) is 0 Å². The van der Waals surface area contributed by atoms with E-state index in [9.17, 15) is 0 Å². The van der Waals surface area contributed by atoms with E-state index in [4.69, 9.17) is 0 Å². The highest BCUT2D eigenvalue weighted by molar-refractivity contribution is 6.76. The first kappa shape index (κ1) is 11.2. The Bertz CT molecular complexity index is 155. The molecule has 0 spiro atoms. The van der Waals surface area contributed by atoms with E-state index in [1.54, 1.807) is 0 Å². The molecular weight excluding hydrogens is 176 g/mol. The van der Waals surface area contributed by atoms with Crippen LogP contribution in [0.3, 0.4) is 0 Å². The molecule has 78 valence electrons. The molecule has 1 aliphatic rings. The zero-order valence-electron chi connectivity index (χ0n) is 9.72. The minimum absolute atomic E-state index is 0.718. The van der Waals surface area contributed by atoms with Gasteiger partial charge in [0.2, 0.25) is 0 Å². The molecule has 13 heavy (non-hydrogen) atoms. The van der Waals surface area contributed by atoms with Crippen molar-refractivity contribution in [2.75, 3.05) is 19.3 Å². The summed E-state index contributed by atoms with van der Waals surface area (Å²) in [4.78, 5) is 2.68. The second-order valence-electron chi connectivity index (χ2n) is 5.59. The summed E-state index contributed by atoms with van der Waals surface area (Å²) in [5.41, 5.74) is 0. The molecule has 0 aromatic heterocycles. The van der Waals surface area contributed by atoms with Gasteiger partial charge in [0.1, 0.15) is 0 Å². The van der Waals surface area contributed by atoms with Crippen LogP contribution in [-0.2, 0) is 0 Å². The highest BCUT2D eigenvalue weighted by atomic mass is 28.3. The molecule has 0 aliphatic carbocycles. The summed E-state index contributed by atoms with van der Waals surface area (Å²) in [5, 5.41) is 3.47. The van der Waals surface area contributed by atoms with E-state index >= 15 is 0 Å². The second kappa shape index (κ2) is 4.11. The topological polar surface area (TPSA) is 15.3 Å². The van der Waals surface area contributed by atoms with Gasteiger partial charge in [0.25, 0.3) is 0 Å². The van der Waals surface area contributed by atoms with Gasteiger partial charge in [0, 0.05) is 25.2 Å². The Hall–Kier alpha value is 0.137. The van der Waals surface area contributed by atoms with Gasteiger partial charge >= 0.3 is 0 Å². The quantitative estimate of drug-likeness (QED) is 0.680. The number of hydrogen-bond donors (Lipinski definition) is 1. The molecule has 2 unspecified atom stereocenters. The average molecular weight is 200 g/mol. The van der Waals surface area contributed by atoms with E-state index < -0.39 is 8.07 Å². The lowest BCUT2D eigenvalue weighted by Crippen LogP contribution is -2.58. The van der Waals surface area contributed by atoms with Crippen LogP contribution in [0.5, 0.6) is 0 Å². The summed E-state index contributed by atoms with van der Waals surface area (Å²) in [7, 11) is -0.930. The van der Waals surface area contributed by atoms with Crippen molar-refractivity contribution in [3.8, 4) is 0 Å². The third-order valence-corrected chi connectivity index (χ3v) is 3.98. The number of nitrogens with one attached hydrogen (secondary N) is 1. The first-order chi connectivity index (χ1) is 5.90. The van der Waals surface area contributed by atoms with Crippen molar-refractivity contribution < 1.29 is 0 Å². The third-order valence-electron chi connectivity index (χ3n) is 2.67. The van der Waals surface area contributed by atoms with Gasteiger partial charge in [-0.15, -0.1) is 0 Å². The predicted molar refractivity (Wildman–Crippen MR) is 61.8 cm³/mol. The molecule has 1 N–H and O–H groups in total. The van der Waals surface area contributed by atoms with Crippen molar-refractivity contribution in [3.63, 3.8) is 0 Å². The SMILES string of the molecule is CC1CNCC(C)N1C[Si](C)(C)C. The maximum Gasteiger partial charge on any atom is 0.0599 e. The predicted octanol–water partition coefficient (Wildman–Crippen LogP) is 1.55. The van der Waals surface area contributed by atoms with E-state index in [-0.39, 0.29) is 0 Å². The second-order valence-corrected chi connectivity index (χ2v) is 11.0. The van der Waals surface area contributed by atoms with Crippen molar-refractivity contribution in [1.29, 1.82) is 0 Å². The molecule has 2 nitrogen and oxygen atoms in total. The van der Waals surface area contributed by atoms with Gasteiger partial charge < -0.3 is 5.32 Å². The summed E-state index contributed by atoms with van der Waals surface area (Å²) < 4.78 is 0. The summed E-state index contributed by atoms with van der Waals surface area (Å²) in [6.45, 7) is 14.4. The molecule has 1 rings (SSSR count). The van der Waals surface area contributed by atoms with E-state index in [0.717, 1.165) is 25.2 Å². The maximum absolute atomic E-state index is 3.47. The molecule has 1 aliphatic heterocycles. The fraction of sp³-hybridized carbons (Fsp3) is 1.00. The van der Waals surface area contributed by atoms with Gasteiger partial charge in [0.05, 0.1) is 8.07 Å². The zero-order valence-corrected chi connectivity index (χ0v) is 10.7. The smallest absolute Gasteiger partial charge is 0.0599 e. The number of nitrogens with zero attached hydrogens (tertiary/aromatic N) is 1. The van der Waals surface area contributed by atoms with Crippen molar-refractivity contribution in [3.05, 3.63) is 0 Å². The van der Waals surface area contributed by atoms with Crippen molar-refractivity contribution >= 4 is 8.07 Å². The van der Waals surface area contributed by atoms with Crippen LogP contribution in [0.4, 0.5) is 0 Å². The minimum Gasteiger partial charge on any atom is -0.314 e. The van der Waals surface area contributed by atoms with Crippen LogP contribution in [0, 0.1) is 0 Å². The molecular formula is C10H24N2Si. The fourth-order valence-corrected chi connectivity index (χ4v) is 3.75. The molecule has 0 radical (unpaired) electrons. The lowest BCUT2D eigenvalue weighted by Gasteiger charge is -2.42. The Labute approximate surface area is 83.7 Å². The molecule has 1 heterocycles. The highest BCUT2D eigenvalue weighted by Crippen LogP contribution is 2.13. The molecule has 0 aromatic rings. The van der Waals surface area contributed by atoms with Crippen LogP contribution in [-0.4, -0.2) is 44.3 Å². The van der Waals surface area contributed by atoms with Crippen LogP contribution in [0.2, 0.25) is 19.6 Å². The first-order valence-electron chi connectivity index (χ1n) is 5.36. The van der Waals surface area contributed by atoms with Gasteiger partial charge in [-0.3, -0.25) is 4.90 Å². The first-order valence-corrected chi connectivity index (χ1v) is 9.07. The zero-order chi connectivity index (χ0) is 10.1. The van der Waals surface area contributed by atoms with E-state index in [1.165, 1.54) is 6.17 Å². The van der Waals surface area contributed by atoms with E-state index in [1.807, 2.05) is 0 Å². The molecule has 3 heteroatoms. The summed E-state index contributed by atoms with van der Waals surface area (Å²) in [5.74, 6) is 0. The standard InChI is InChI=1S/C10H24N2Si/c1-9-6-11-7-10(2)12(9)8-13(3,4)5/h9-11H,6-8H2,1-5H3. The maximum atomic E-state index is 3.47. The molecule has 0 amide bonds. The monoisotopic (exact) mass is 200 g/mol. The number of hydrogen-bond acceptors (Lipinski definition) is 2. The number of piperazine rings is 1. The fourth-order valence-electron chi connectivity index (χ4n) is 2.03. The summed E-state index contributed by atoms with van der Waals surface area (Å²) >= 11 is 0. The molecule has 0 bridgehead atoms. The lowest BCUT2D eigenvalue weighted by atomic mass is 10.1. The van der Waals surface area contributed by atoms with Crippen LogP contribution in [0.1, 0.15) is 13.8 Å². The highest BCUT2D eigenvalue weighted by Gasteiger charge is 2.28. The largest absolute Gasteiger partial charge is 0.314 e. The van der Waals surface area contributed by atoms with Crippen molar-refractivity contribution in [1.82, 2.24) is 10.2 Å². The van der Waals surface area contributed by atoms with Gasteiger partial charge in [-0.1, -0.05) is 19.6 Å². The Kier molecular flexibility index (Phi) is 3.55. The Balaban J connectivity index is 2.54. The van der Waals surface area contributed by atoms with Crippen molar-refractivity contribution in [2.24, 2.45) is 0 Å².